The molecule has 2 aromatic rings. The van der Waals surface area contributed by atoms with Crippen LogP contribution in [-0.2, 0) is 22.5 Å². The Bertz CT molecular complexity index is 922. The number of carbonyl (C=O) groups is 1. The lowest BCUT2D eigenvalue weighted by atomic mass is 9.82. The van der Waals surface area contributed by atoms with Crippen molar-refractivity contribution in [3.8, 4) is 11.5 Å². The van der Waals surface area contributed by atoms with E-state index < -0.39 is 18.2 Å². The van der Waals surface area contributed by atoms with Crippen molar-refractivity contribution in [2.24, 2.45) is 11.8 Å². The maximum Gasteiger partial charge on any atom is 0.407 e. The maximum absolute atomic E-state index is 12.6. The Balaban J connectivity index is 2.10. The number of amides is 1. The molecular weight excluding hydrogens is 486 g/mol. The minimum absolute atomic E-state index is 0.0190. The van der Waals surface area contributed by atoms with Crippen LogP contribution in [-0.4, -0.2) is 62.5 Å². The van der Waals surface area contributed by atoms with Gasteiger partial charge in [-0.15, -0.1) is 0 Å². The van der Waals surface area contributed by atoms with Gasteiger partial charge in [0.15, 0.2) is 11.5 Å². The largest absolute Gasteiger partial charge is 0.493 e. The van der Waals surface area contributed by atoms with Crippen LogP contribution in [0.5, 0.6) is 11.5 Å². The zero-order chi connectivity index (χ0) is 27.8. The predicted molar refractivity (Wildman–Crippen MR) is 148 cm³/mol. The summed E-state index contributed by atoms with van der Waals surface area (Å²) in [5.74, 6) is 1.81. The van der Waals surface area contributed by atoms with Gasteiger partial charge in [-0.3, -0.25) is 0 Å². The first-order chi connectivity index (χ1) is 18.4. The number of alkyl carbamates (subject to hydrolysis) is 1. The molecule has 2 aromatic carbocycles. The second-order valence-corrected chi connectivity index (χ2v) is 9.87. The standard InChI is InChI=1S/C30H45NO7/c1-22(2)25(18-24-13-14-28(36-4)29(19-24)37-17-9-16-35-3)20-26(27(33)12-8-15-32)31-30(34)38-21-23-10-6-5-7-11-23/h5-7,10-11,13-14,19,22,25-27,32-33H,8-9,12,15-18,20-21H2,1-4H3,(H,31,34)/t25-,26-,27?/m1/s1. The second kappa shape index (κ2) is 17.7. The van der Waals surface area contributed by atoms with Gasteiger partial charge in [0.1, 0.15) is 6.61 Å². The van der Waals surface area contributed by atoms with E-state index in [4.69, 9.17) is 18.9 Å². The zero-order valence-electron chi connectivity index (χ0n) is 23.2. The molecule has 1 unspecified atom stereocenters. The molecule has 0 aliphatic heterocycles. The van der Waals surface area contributed by atoms with Crippen LogP contribution in [0, 0.1) is 11.8 Å². The lowest BCUT2D eigenvalue weighted by Crippen LogP contribution is -2.45. The molecule has 0 bridgehead atoms. The third-order valence-electron chi connectivity index (χ3n) is 6.61. The van der Waals surface area contributed by atoms with E-state index in [1.165, 1.54) is 0 Å². The van der Waals surface area contributed by atoms with Crippen LogP contribution >= 0.6 is 0 Å². The summed E-state index contributed by atoms with van der Waals surface area (Å²) >= 11 is 0. The van der Waals surface area contributed by atoms with Crippen LogP contribution in [0.3, 0.4) is 0 Å². The van der Waals surface area contributed by atoms with Crippen molar-refractivity contribution >= 4 is 6.09 Å². The number of methoxy groups -OCH3 is 2. The van der Waals surface area contributed by atoms with E-state index in [1.807, 2.05) is 48.5 Å². The van der Waals surface area contributed by atoms with Crippen molar-refractivity contribution in [1.29, 1.82) is 0 Å². The van der Waals surface area contributed by atoms with Gasteiger partial charge >= 0.3 is 6.09 Å². The molecule has 2 rings (SSSR count). The molecule has 8 nitrogen and oxygen atoms in total. The third-order valence-corrected chi connectivity index (χ3v) is 6.61. The van der Waals surface area contributed by atoms with Crippen molar-refractivity contribution in [2.75, 3.05) is 34.0 Å². The van der Waals surface area contributed by atoms with E-state index >= 15 is 0 Å². The van der Waals surface area contributed by atoms with Gasteiger partial charge in [0, 0.05) is 26.7 Å². The molecule has 0 aromatic heterocycles. The summed E-state index contributed by atoms with van der Waals surface area (Å²) in [6.45, 7) is 5.56. The van der Waals surface area contributed by atoms with Gasteiger partial charge in [-0.2, -0.15) is 0 Å². The highest BCUT2D eigenvalue weighted by Crippen LogP contribution is 2.31. The molecule has 212 valence electrons. The summed E-state index contributed by atoms with van der Waals surface area (Å²) in [4.78, 5) is 12.6. The minimum atomic E-state index is -0.803. The quantitative estimate of drug-likeness (QED) is 0.239. The number of rotatable bonds is 18. The molecule has 0 heterocycles. The Morgan fingerprint density at radius 3 is 2.39 bits per heavy atom. The fraction of sp³-hybridized carbons (Fsp3) is 0.567. The normalized spacial score (nSPS) is 13.6. The third kappa shape index (κ3) is 11.3. The molecule has 8 heteroatoms. The van der Waals surface area contributed by atoms with Crippen molar-refractivity contribution in [2.45, 2.75) is 64.7 Å². The summed E-state index contributed by atoms with van der Waals surface area (Å²) in [5.41, 5.74) is 1.97. The second-order valence-electron chi connectivity index (χ2n) is 9.87. The lowest BCUT2D eigenvalue weighted by Gasteiger charge is -2.30. The number of aliphatic hydroxyl groups excluding tert-OH is 2. The SMILES string of the molecule is COCCCOc1cc(C[C@H](C[C@@H](NC(=O)OCc2ccccc2)C(O)CCCO)C(C)C)ccc1OC. The average molecular weight is 532 g/mol. The van der Waals surface area contributed by atoms with Crippen LogP contribution in [0.25, 0.3) is 0 Å². The Morgan fingerprint density at radius 2 is 1.74 bits per heavy atom. The first-order valence-electron chi connectivity index (χ1n) is 13.4. The topological polar surface area (TPSA) is 106 Å². The molecule has 3 N–H and O–H groups in total. The van der Waals surface area contributed by atoms with Crippen molar-refractivity contribution in [1.82, 2.24) is 5.32 Å². The van der Waals surface area contributed by atoms with E-state index in [1.54, 1.807) is 14.2 Å². The zero-order valence-corrected chi connectivity index (χ0v) is 23.2. The fourth-order valence-electron chi connectivity index (χ4n) is 4.30. The monoisotopic (exact) mass is 531 g/mol. The molecule has 0 saturated carbocycles. The molecule has 0 radical (unpaired) electrons. The molecule has 0 aliphatic rings. The van der Waals surface area contributed by atoms with Crippen LogP contribution in [0.4, 0.5) is 4.79 Å². The molecule has 0 fully saturated rings. The van der Waals surface area contributed by atoms with Crippen LogP contribution in [0.2, 0.25) is 0 Å². The molecule has 0 spiro atoms. The van der Waals surface area contributed by atoms with Gasteiger partial charge in [-0.25, -0.2) is 4.79 Å². The van der Waals surface area contributed by atoms with Gasteiger partial charge < -0.3 is 34.5 Å². The van der Waals surface area contributed by atoms with E-state index in [2.05, 4.69) is 19.2 Å². The summed E-state index contributed by atoms with van der Waals surface area (Å²) in [7, 11) is 3.29. The summed E-state index contributed by atoms with van der Waals surface area (Å²) in [5, 5.41) is 23.0. The number of nitrogens with one attached hydrogen (secondary N) is 1. The predicted octanol–water partition coefficient (Wildman–Crippen LogP) is 4.74. The van der Waals surface area contributed by atoms with E-state index in [0.29, 0.717) is 44.0 Å². The Labute approximate surface area is 227 Å². The highest BCUT2D eigenvalue weighted by Gasteiger charge is 2.27. The molecule has 0 aliphatic carbocycles. The van der Waals surface area contributed by atoms with Crippen LogP contribution < -0.4 is 14.8 Å². The Kier molecular flexibility index (Phi) is 14.6. The maximum atomic E-state index is 12.6. The van der Waals surface area contributed by atoms with Gasteiger partial charge in [-0.1, -0.05) is 50.2 Å². The van der Waals surface area contributed by atoms with Gasteiger partial charge in [-0.05, 0) is 60.8 Å². The van der Waals surface area contributed by atoms with E-state index in [-0.39, 0.29) is 25.0 Å². The van der Waals surface area contributed by atoms with E-state index in [0.717, 1.165) is 24.0 Å². The average Bonchev–Trinajstić information content (AvgIpc) is 2.92. The number of carbonyl (C=O) groups excluding carboxylic acids is 1. The summed E-state index contributed by atoms with van der Waals surface area (Å²) in [6.07, 6.45) is 1.53. The van der Waals surface area contributed by atoms with Gasteiger partial charge in [0.05, 0.1) is 25.9 Å². The fourth-order valence-corrected chi connectivity index (χ4v) is 4.30. The molecule has 38 heavy (non-hydrogen) atoms. The van der Waals surface area contributed by atoms with Crippen molar-refractivity contribution < 1.29 is 34.0 Å². The lowest BCUT2D eigenvalue weighted by molar-refractivity contribution is 0.0790. The highest BCUT2D eigenvalue weighted by atomic mass is 16.5. The smallest absolute Gasteiger partial charge is 0.407 e. The Morgan fingerprint density at radius 1 is 0.974 bits per heavy atom. The highest BCUT2D eigenvalue weighted by molar-refractivity contribution is 5.67. The number of benzene rings is 2. The van der Waals surface area contributed by atoms with Crippen LogP contribution in [0.15, 0.2) is 48.5 Å². The van der Waals surface area contributed by atoms with Gasteiger partial charge in [0.2, 0.25) is 0 Å². The first-order valence-corrected chi connectivity index (χ1v) is 13.4. The number of ether oxygens (including phenoxy) is 4. The number of hydrogen-bond acceptors (Lipinski definition) is 7. The van der Waals surface area contributed by atoms with Crippen LogP contribution in [0.1, 0.15) is 50.7 Å². The minimum Gasteiger partial charge on any atom is -0.493 e. The summed E-state index contributed by atoms with van der Waals surface area (Å²) in [6, 6.07) is 14.9. The van der Waals surface area contributed by atoms with Crippen molar-refractivity contribution in [3.63, 3.8) is 0 Å². The first kappa shape index (κ1) is 31.4. The summed E-state index contributed by atoms with van der Waals surface area (Å²) < 4.78 is 21.9. The molecule has 1 amide bonds. The van der Waals surface area contributed by atoms with Crippen molar-refractivity contribution in [3.05, 3.63) is 59.7 Å². The Hall–Kier alpha value is -2.81. The molecule has 0 saturated heterocycles. The van der Waals surface area contributed by atoms with Gasteiger partial charge in [0.25, 0.3) is 0 Å². The molecular formula is C30H45NO7. The molecule has 3 atom stereocenters. The number of hydrogen-bond donors (Lipinski definition) is 3. The number of aliphatic hydroxyl groups is 2. The van der Waals surface area contributed by atoms with E-state index in [9.17, 15) is 15.0 Å².